The van der Waals surface area contributed by atoms with Gasteiger partial charge in [0.2, 0.25) is 0 Å². The second-order valence-corrected chi connectivity index (χ2v) is 7.20. The van der Waals surface area contributed by atoms with Gasteiger partial charge >= 0.3 is 0 Å². The van der Waals surface area contributed by atoms with Crippen molar-refractivity contribution in [3.8, 4) is 0 Å². The Kier molecular flexibility index (Phi) is 5.05. The lowest BCUT2D eigenvalue weighted by Crippen LogP contribution is -2.21. The average Bonchev–Trinajstić information content (AvgIpc) is 2.76. The fraction of sp³-hybridized carbons (Fsp3) is 0.115. The van der Waals surface area contributed by atoms with Gasteiger partial charge < -0.3 is 0 Å². The minimum absolute atomic E-state index is 0.134. The summed E-state index contributed by atoms with van der Waals surface area (Å²) in [6.45, 7) is 1.25. The highest BCUT2D eigenvalue weighted by Crippen LogP contribution is 2.33. The first-order chi connectivity index (χ1) is 14.1. The van der Waals surface area contributed by atoms with E-state index < -0.39 is 17.5 Å². The van der Waals surface area contributed by atoms with Crippen molar-refractivity contribution in [3.05, 3.63) is 96.1 Å². The van der Waals surface area contributed by atoms with E-state index in [0.717, 1.165) is 27.1 Å². The van der Waals surface area contributed by atoms with Gasteiger partial charge in [0.15, 0.2) is 17.3 Å². The largest absolute Gasteiger partial charge is 0.293 e. The number of hydrogen-bond donors (Lipinski definition) is 0. The van der Waals surface area contributed by atoms with E-state index in [0.29, 0.717) is 5.56 Å². The van der Waals surface area contributed by atoms with Crippen LogP contribution in [0.25, 0.3) is 21.5 Å². The molecule has 142 valence electrons. The zero-order valence-corrected chi connectivity index (χ0v) is 16.1. The second-order valence-electron chi connectivity index (χ2n) is 7.20. The molecule has 0 bridgehead atoms. The van der Waals surface area contributed by atoms with Crippen LogP contribution < -0.4 is 0 Å². The van der Waals surface area contributed by atoms with Gasteiger partial charge in [-0.25, -0.2) is 0 Å². The summed E-state index contributed by atoms with van der Waals surface area (Å²) in [4.78, 5) is 37.7. The zero-order valence-electron chi connectivity index (χ0n) is 16.1. The third-order valence-electron chi connectivity index (χ3n) is 5.35. The van der Waals surface area contributed by atoms with E-state index in [1.54, 1.807) is 6.07 Å². The number of ketones is 3. The van der Waals surface area contributed by atoms with E-state index in [9.17, 15) is 14.4 Å². The quantitative estimate of drug-likeness (QED) is 0.327. The van der Waals surface area contributed by atoms with E-state index in [-0.39, 0.29) is 12.2 Å². The van der Waals surface area contributed by atoms with E-state index in [4.69, 9.17) is 0 Å². The van der Waals surface area contributed by atoms with Crippen molar-refractivity contribution in [1.82, 2.24) is 0 Å². The summed E-state index contributed by atoms with van der Waals surface area (Å²) in [6.07, 6.45) is -0.134. The van der Waals surface area contributed by atoms with Gasteiger partial charge in [-0.3, -0.25) is 14.4 Å². The fourth-order valence-electron chi connectivity index (χ4n) is 3.86. The molecular weight excluding hydrogens is 360 g/mol. The van der Waals surface area contributed by atoms with Gasteiger partial charge in [-0.15, -0.1) is 0 Å². The standard InChI is InChI=1S/C26H20O3/c1-17(27)25(28)16-24(22-14-6-10-18-8-2-4-12-20(18)22)26(29)23-15-7-11-19-9-3-5-13-21(19)23/h2-15,24H,16H2,1H3. The molecule has 0 spiro atoms. The Labute approximate surface area is 169 Å². The minimum atomic E-state index is -0.719. The lowest BCUT2D eigenvalue weighted by Gasteiger charge is -2.18. The van der Waals surface area contributed by atoms with Gasteiger partial charge in [0.05, 0.1) is 5.92 Å². The summed E-state index contributed by atoms with van der Waals surface area (Å²) in [5.41, 5.74) is 1.34. The lowest BCUT2D eigenvalue weighted by molar-refractivity contribution is -0.135. The minimum Gasteiger partial charge on any atom is -0.293 e. The van der Waals surface area contributed by atoms with Crippen LogP contribution >= 0.6 is 0 Å². The molecule has 0 aliphatic heterocycles. The van der Waals surface area contributed by atoms with Crippen molar-refractivity contribution in [2.75, 3.05) is 0 Å². The number of fused-ring (bicyclic) bond motifs is 2. The molecule has 4 aromatic carbocycles. The summed E-state index contributed by atoms with van der Waals surface area (Å²) < 4.78 is 0. The molecule has 1 atom stereocenters. The Morgan fingerprint density at radius 3 is 1.93 bits per heavy atom. The van der Waals surface area contributed by atoms with Crippen LogP contribution in [0.4, 0.5) is 0 Å². The first-order valence-corrected chi connectivity index (χ1v) is 9.59. The Balaban J connectivity index is 1.89. The van der Waals surface area contributed by atoms with E-state index in [1.165, 1.54) is 6.92 Å². The number of carbonyl (C=O) groups excluding carboxylic acids is 3. The molecule has 0 aromatic heterocycles. The first kappa shape index (κ1) is 18.8. The first-order valence-electron chi connectivity index (χ1n) is 9.59. The third-order valence-corrected chi connectivity index (χ3v) is 5.35. The van der Waals surface area contributed by atoms with Gasteiger partial charge in [-0.2, -0.15) is 0 Å². The highest BCUT2D eigenvalue weighted by Gasteiger charge is 2.28. The molecule has 29 heavy (non-hydrogen) atoms. The third kappa shape index (κ3) is 3.59. The summed E-state index contributed by atoms with van der Waals surface area (Å²) >= 11 is 0. The maximum Gasteiger partial charge on any atom is 0.199 e. The molecule has 0 heterocycles. The molecule has 0 saturated carbocycles. The molecule has 0 saturated heterocycles. The summed E-state index contributed by atoms with van der Waals surface area (Å²) in [6, 6.07) is 26.8. The molecule has 0 amide bonds. The van der Waals surface area contributed by atoms with E-state index in [2.05, 4.69) is 0 Å². The molecule has 0 aliphatic rings. The second kappa shape index (κ2) is 7.80. The Bertz CT molecular complexity index is 1240. The van der Waals surface area contributed by atoms with Crippen LogP contribution in [0.1, 0.15) is 35.2 Å². The summed E-state index contributed by atoms with van der Waals surface area (Å²) in [5, 5.41) is 3.73. The van der Waals surface area contributed by atoms with Gasteiger partial charge in [-0.1, -0.05) is 84.9 Å². The monoisotopic (exact) mass is 380 g/mol. The maximum absolute atomic E-state index is 13.7. The molecule has 3 heteroatoms. The summed E-state index contributed by atoms with van der Waals surface area (Å²) in [7, 11) is 0. The Hall–Kier alpha value is -3.59. The van der Waals surface area contributed by atoms with Crippen LogP contribution in [0.5, 0.6) is 0 Å². The van der Waals surface area contributed by atoms with Crippen molar-refractivity contribution in [2.24, 2.45) is 0 Å². The van der Waals surface area contributed by atoms with Gasteiger partial charge in [-0.05, 0) is 27.1 Å². The molecule has 0 aliphatic carbocycles. The van der Waals surface area contributed by atoms with Crippen molar-refractivity contribution in [2.45, 2.75) is 19.3 Å². The van der Waals surface area contributed by atoms with Gasteiger partial charge in [0, 0.05) is 18.9 Å². The van der Waals surface area contributed by atoms with E-state index >= 15 is 0 Å². The average molecular weight is 380 g/mol. The van der Waals surface area contributed by atoms with Crippen molar-refractivity contribution in [1.29, 1.82) is 0 Å². The van der Waals surface area contributed by atoms with Crippen molar-refractivity contribution >= 4 is 38.9 Å². The predicted molar refractivity (Wildman–Crippen MR) is 115 cm³/mol. The van der Waals surface area contributed by atoms with Crippen LogP contribution in [0.2, 0.25) is 0 Å². The highest BCUT2D eigenvalue weighted by atomic mass is 16.2. The molecule has 4 rings (SSSR count). The predicted octanol–water partition coefficient (Wildman–Crippen LogP) is 5.51. The number of rotatable bonds is 6. The maximum atomic E-state index is 13.7. The topological polar surface area (TPSA) is 51.2 Å². The summed E-state index contributed by atoms with van der Waals surface area (Å²) in [5.74, 6) is -1.92. The van der Waals surface area contributed by atoms with Crippen LogP contribution in [0, 0.1) is 0 Å². The highest BCUT2D eigenvalue weighted by molar-refractivity contribution is 6.37. The van der Waals surface area contributed by atoms with Crippen LogP contribution in [0.15, 0.2) is 84.9 Å². The number of benzene rings is 4. The molecule has 0 radical (unpaired) electrons. The van der Waals surface area contributed by atoms with Gasteiger partial charge in [0.25, 0.3) is 0 Å². The molecule has 0 N–H and O–H groups in total. The van der Waals surface area contributed by atoms with Crippen molar-refractivity contribution in [3.63, 3.8) is 0 Å². The smallest absolute Gasteiger partial charge is 0.199 e. The lowest BCUT2D eigenvalue weighted by atomic mass is 9.82. The zero-order chi connectivity index (χ0) is 20.4. The Morgan fingerprint density at radius 2 is 1.24 bits per heavy atom. The normalized spacial score (nSPS) is 12.0. The van der Waals surface area contributed by atoms with Crippen LogP contribution in [-0.2, 0) is 9.59 Å². The molecule has 0 fully saturated rings. The number of carbonyl (C=O) groups is 3. The SMILES string of the molecule is CC(=O)C(=O)CC(C(=O)c1cccc2ccccc12)c1cccc2ccccc12. The van der Waals surface area contributed by atoms with Crippen LogP contribution in [-0.4, -0.2) is 17.3 Å². The van der Waals surface area contributed by atoms with E-state index in [1.807, 2.05) is 78.9 Å². The molecule has 4 aromatic rings. The van der Waals surface area contributed by atoms with Crippen molar-refractivity contribution < 1.29 is 14.4 Å². The molecule has 1 unspecified atom stereocenters. The number of Topliss-reactive ketones (excluding diaryl/α,β-unsaturated/α-hetero) is 3. The van der Waals surface area contributed by atoms with Gasteiger partial charge in [0.1, 0.15) is 0 Å². The number of hydrogen-bond acceptors (Lipinski definition) is 3. The molecular formula is C26H20O3. The van der Waals surface area contributed by atoms with Crippen LogP contribution in [0.3, 0.4) is 0 Å². The fourth-order valence-corrected chi connectivity index (χ4v) is 3.86. The molecule has 3 nitrogen and oxygen atoms in total. The Morgan fingerprint density at radius 1 is 0.690 bits per heavy atom.